The third-order valence-corrected chi connectivity index (χ3v) is 1.40. The van der Waals surface area contributed by atoms with Crippen LogP contribution in [0.25, 0.3) is 6.08 Å². The number of carboxylic acid groups (broad SMARTS) is 1. The Labute approximate surface area is 104 Å². The Morgan fingerprint density at radius 3 is 2.79 bits per heavy atom. The molecule has 0 saturated heterocycles. The van der Waals surface area contributed by atoms with Crippen LogP contribution in [0.15, 0.2) is 40.5 Å². The average Bonchev–Trinajstić information content (AvgIpc) is 2.51. The van der Waals surface area contributed by atoms with E-state index >= 15 is 0 Å². The zero-order valence-electron chi connectivity index (χ0n) is 8.19. The molecular weight excluding hydrogens is 191 g/mol. The Kier molecular flexibility index (Phi) is 6.28. The van der Waals surface area contributed by atoms with E-state index in [-0.39, 0.29) is 29.6 Å². The third-order valence-electron chi connectivity index (χ3n) is 1.40. The predicted octanol–water partition coefficient (Wildman–Crippen LogP) is -2.01. The maximum Gasteiger partial charge on any atom is 1.00 e. The Bertz CT molecular complexity index is 336. The fourth-order valence-electron chi connectivity index (χ4n) is 0.834. The SMILES string of the molecule is CC(C=Cc1ccco1)=CC(=O)[O-].[Na+]. The first-order valence-corrected chi connectivity index (χ1v) is 3.79. The summed E-state index contributed by atoms with van der Waals surface area (Å²) in [6, 6.07) is 3.54. The first-order valence-electron chi connectivity index (χ1n) is 3.79. The van der Waals surface area contributed by atoms with E-state index in [1.54, 1.807) is 37.5 Å². The van der Waals surface area contributed by atoms with Crippen molar-refractivity contribution in [2.24, 2.45) is 0 Å². The predicted molar refractivity (Wildman–Crippen MR) is 46.5 cm³/mol. The molecule has 0 radical (unpaired) electrons. The van der Waals surface area contributed by atoms with E-state index in [2.05, 4.69) is 0 Å². The molecule has 68 valence electrons. The number of hydrogen-bond acceptors (Lipinski definition) is 3. The minimum Gasteiger partial charge on any atom is -0.545 e. The molecule has 4 heteroatoms. The summed E-state index contributed by atoms with van der Waals surface area (Å²) in [5.41, 5.74) is 0.608. The standard InChI is InChI=1S/C10H10O3.Na/c1-8(7-10(11)12)4-5-9-3-2-6-13-9;/h2-7H,1H3,(H,11,12);/q;+1/p-1. The molecule has 0 unspecified atom stereocenters. The Morgan fingerprint density at radius 2 is 2.29 bits per heavy atom. The first-order chi connectivity index (χ1) is 6.18. The van der Waals surface area contributed by atoms with Crippen molar-refractivity contribution in [3.8, 4) is 0 Å². The molecule has 1 aromatic heterocycles. The van der Waals surface area contributed by atoms with Crippen molar-refractivity contribution in [2.75, 3.05) is 0 Å². The van der Waals surface area contributed by atoms with Crippen molar-refractivity contribution >= 4 is 12.0 Å². The smallest absolute Gasteiger partial charge is 0.545 e. The summed E-state index contributed by atoms with van der Waals surface area (Å²) in [7, 11) is 0. The van der Waals surface area contributed by atoms with Crippen molar-refractivity contribution in [1.82, 2.24) is 0 Å². The second kappa shape index (κ2) is 6.65. The second-order valence-corrected chi connectivity index (χ2v) is 2.56. The van der Waals surface area contributed by atoms with Crippen LogP contribution in [0.2, 0.25) is 0 Å². The summed E-state index contributed by atoms with van der Waals surface area (Å²) >= 11 is 0. The molecule has 0 aliphatic rings. The molecule has 0 amide bonds. The van der Waals surface area contributed by atoms with Crippen LogP contribution in [0.1, 0.15) is 12.7 Å². The van der Waals surface area contributed by atoms with Crippen LogP contribution in [0.4, 0.5) is 0 Å². The monoisotopic (exact) mass is 200 g/mol. The van der Waals surface area contributed by atoms with Gasteiger partial charge in [-0.1, -0.05) is 6.08 Å². The number of carbonyl (C=O) groups is 1. The molecule has 0 aliphatic carbocycles. The van der Waals surface area contributed by atoms with Gasteiger partial charge in [-0.2, -0.15) is 0 Å². The zero-order chi connectivity index (χ0) is 9.68. The van der Waals surface area contributed by atoms with Crippen LogP contribution in [0.3, 0.4) is 0 Å². The van der Waals surface area contributed by atoms with Gasteiger partial charge < -0.3 is 14.3 Å². The normalized spacial score (nSPS) is 11.4. The fourth-order valence-corrected chi connectivity index (χ4v) is 0.834. The van der Waals surface area contributed by atoms with E-state index in [4.69, 9.17) is 4.42 Å². The first kappa shape index (κ1) is 13.2. The molecular formula is C10H9NaO3. The van der Waals surface area contributed by atoms with Gasteiger partial charge >= 0.3 is 29.6 Å². The minimum atomic E-state index is -1.19. The van der Waals surface area contributed by atoms with Crippen molar-refractivity contribution in [3.63, 3.8) is 0 Å². The van der Waals surface area contributed by atoms with Gasteiger partial charge in [0.25, 0.3) is 0 Å². The van der Waals surface area contributed by atoms with Gasteiger partial charge in [0, 0.05) is 0 Å². The largest absolute Gasteiger partial charge is 1.00 e. The van der Waals surface area contributed by atoms with E-state index in [0.29, 0.717) is 11.3 Å². The molecule has 0 aliphatic heterocycles. The maximum absolute atomic E-state index is 10.1. The van der Waals surface area contributed by atoms with Gasteiger partial charge in [0.2, 0.25) is 0 Å². The Morgan fingerprint density at radius 1 is 1.57 bits per heavy atom. The molecule has 0 spiro atoms. The van der Waals surface area contributed by atoms with E-state index < -0.39 is 5.97 Å². The molecule has 0 N–H and O–H groups in total. The van der Waals surface area contributed by atoms with Crippen LogP contribution in [-0.2, 0) is 4.79 Å². The number of carbonyl (C=O) groups excluding carboxylic acids is 1. The zero-order valence-corrected chi connectivity index (χ0v) is 10.2. The summed E-state index contributed by atoms with van der Waals surface area (Å²) in [6.07, 6.45) is 5.92. The van der Waals surface area contributed by atoms with E-state index in [9.17, 15) is 9.90 Å². The van der Waals surface area contributed by atoms with E-state index in [1.165, 1.54) is 0 Å². The molecule has 0 bridgehead atoms. The number of aliphatic carboxylic acids is 1. The van der Waals surface area contributed by atoms with E-state index in [1.807, 2.05) is 0 Å². The van der Waals surface area contributed by atoms with Crippen LogP contribution < -0.4 is 34.7 Å². The van der Waals surface area contributed by atoms with Gasteiger partial charge in [-0.15, -0.1) is 0 Å². The van der Waals surface area contributed by atoms with Crippen molar-refractivity contribution in [3.05, 3.63) is 41.9 Å². The van der Waals surface area contributed by atoms with Gasteiger partial charge in [0.1, 0.15) is 5.76 Å². The van der Waals surface area contributed by atoms with Gasteiger partial charge in [0.05, 0.1) is 12.2 Å². The number of allylic oxidation sites excluding steroid dienone is 2. The van der Waals surface area contributed by atoms with Gasteiger partial charge in [0.15, 0.2) is 0 Å². The molecule has 0 aromatic carbocycles. The quantitative estimate of drug-likeness (QED) is 0.322. The van der Waals surface area contributed by atoms with Crippen LogP contribution in [0.5, 0.6) is 0 Å². The van der Waals surface area contributed by atoms with Gasteiger partial charge in [-0.25, -0.2) is 0 Å². The average molecular weight is 200 g/mol. The Balaban J connectivity index is 0.00000169. The number of carboxylic acids is 1. The molecule has 0 atom stereocenters. The second-order valence-electron chi connectivity index (χ2n) is 2.56. The van der Waals surface area contributed by atoms with Crippen molar-refractivity contribution in [1.29, 1.82) is 0 Å². The molecule has 1 heterocycles. The van der Waals surface area contributed by atoms with Crippen LogP contribution >= 0.6 is 0 Å². The molecule has 1 aromatic rings. The summed E-state index contributed by atoms with van der Waals surface area (Å²) in [6.45, 7) is 1.68. The third kappa shape index (κ3) is 5.07. The van der Waals surface area contributed by atoms with Gasteiger partial charge in [-0.05, 0) is 36.8 Å². The van der Waals surface area contributed by atoms with Crippen LogP contribution in [0, 0.1) is 0 Å². The van der Waals surface area contributed by atoms with E-state index in [0.717, 1.165) is 6.08 Å². The van der Waals surface area contributed by atoms with Crippen molar-refractivity contribution in [2.45, 2.75) is 6.92 Å². The summed E-state index contributed by atoms with van der Waals surface area (Å²) in [5.74, 6) is -0.507. The van der Waals surface area contributed by atoms with Gasteiger partial charge in [-0.3, -0.25) is 0 Å². The number of hydrogen-bond donors (Lipinski definition) is 0. The number of rotatable bonds is 3. The molecule has 0 fully saturated rings. The Hall–Kier alpha value is -0.770. The maximum atomic E-state index is 10.1. The molecule has 1 rings (SSSR count). The fraction of sp³-hybridized carbons (Fsp3) is 0.100. The molecule has 14 heavy (non-hydrogen) atoms. The summed E-state index contributed by atoms with van der Waals surface area (Å²) in [5, 5.41) is 10.1. The van der Waals surface area contributed by atoms with Crippen LogP contribution in [-0.4, -0.2) is 5.97 Å². The molecule has 0 saturated carbocycles. The summed E-state index contributed by atoms with van der Waals surface area (Å²) in [4.78, 5) is 10.1. The minimum absolute atomic E-state index is 0. The number of furan rings is 1. The summed E-state index contributed by atoms with van der Waals surface area (Å²) < 4.78 is 5.01. The van der Waals surface area contributed by atoms with Crippen molar-refractivity contribution < 1.29 is 43.9 Å². The molecule has 3 nitrogen and oxygen atoms in total. The topological polar surface area (TPSA) is 53.3 Å².